The SMILES string of the molecule is C#CCN(CC)S(=O)(=O)c1ccc2c(c1)CCC2. The minimum atomic E-state index is -3.44. The number of benzene rings is 1. The van der Waals surface area contributed by atoms with E-state index in [1.165, 1.54) is 9.87 Å². The Hall–Kier alpha value is -1.31. The maximum absolute atomic E-state index is 12.4. The number of nitrogens with zero attached hydrogens (tertiary/aromatic N) is 1. The van der Waals surface area contributed by atoms with Crippen molar-refractivity contribution in [2.24, 2.45) is 0 Å². The summed E-state index contributed by atoms with van der Waals surface area (Å²) in [5, 5.41) is 0. The first-order valence-corrected chi connectivity index (χ1v) is 7.59. The molecule has 4 heteroatoms. The van der Waals surface area contributed by atoms with E-state index in [-0.39, 0.29) is 6.54 Å². The molecular formula is C14H17NO2S. The van der Waals surface area contributed by atoms with Gasteiger partial charge in [-0.1, -0.05) is 18.9 Å². The summed E-state index contributed by atoms with van der Waals surface area (Å²) in [5.41, 5.74) is 2.43. The van der Waals surface area contributed by atoms with Gasteiger partial charge in [0.15, 0.2) is 0 Å². The third-order valence-corrected chi connectivity index (χ3v) is 5.24. The molecule has 0 bridgehead atoms. The molecule has 1 aromatic carbocycles. The van der Waals surface area contributed by atoms with E-state index in [4.69, 9.17) is 6.42 Å². The van der Waals surface area contributed by atoms with E-state index < -0.39 is 10.0 Å². The van der Waals surface area contributed by atoms with Crippen molar-refractivity contribution in [2.45, 2.75) is 31.1 Å². The summed E-state index contributed by atoms with van der Waals surface area (Å²) in [7, 11) is -3.44. The average molecular weight is 263 g/mol. The Morgan fingerprint density at radius 3 is 2.72 bits per heavy atom. The van der Waals surface area contributed by atoms with Crippen LogP contribution in [0.3, 0.4) is 0 Å². The summed E-state index contributed by atoms with van der Waals surface area (Å²) in [6.45, 7) is 2.31. The third kappa shape index (κ3) is 2.29. The molecule has 0 atom stereocenters. The maximum atomic E-state index is 12.4. The summed E-state index contributed by atoms with van der Waals surface area (Å²) >= 11 is 0. The number of rotatable bonds is 4. The maximum Gasteiger partial charge on any atom is 0.243 e. The average Bonchev–Trinajstić information content (AvgIpc) is 2.82. The molecule has 0 saturated heterocycles. The molecule has 0 heterocycles. The van der Waals surface area contributed by atoms with E-state index in [0.717, 1.165) is 24.8 Å². The smallest absolute Gasteiger partial charge is 0.207 e. The molecule has 0 unspecified atom stereocenters. The Labute approximate surface area is 109 Å². The second kappa shape index (κ2) is 5.13. The number of sulfonamides is 1. The largest absolute Gasteiger partial charge is 0.243 e. The van der Waals surface area contributed by atoms with Crippen molar-refractivity contribution in [1.82, 2.24) is 4.31 Å². The van der Waals surface area contributed by atoms with Crippen molar-refractivity contribution in [3.8, 4) is 12.3 Å². The van der Waals surface area contributed by atoms with Crippen LogP contribution in [0.25, 0.3) is 0 Å². The van der Waals surface area contributed by atoms with Crippen LogP contribution in [0.4, 0.5) is 0 Å². The highest BCUT2D eigenvalue weighted by atomic mass is 32.2. The Morgan fingerprint density at radius 2 is 2.06 bits per heavy atom. The lowest BCUT2D eigenvalue weighted by atomic mass is 10.1. The molecule has 0 radical (unpaired) electrons. The van der Waals surface area contributed by atoms with Crippen LogP contribution < -0.4 is 0 Å². The number of hydrogen-bond acceptors (Lipinski definition) is 2. The minimum Gasteiger partial charge on any atom is -0.207 e. The fourth-order valence-corrected chi connectivity index (χ4v) is 3.74. The third-order valence-electron chi connectivity index (χ3n) is 3.33. The van der Waals surface area contributed by atoms with Gasteiger partial charge >= 0.3 is 0 Å². The van der Waals surface area contributed by atoms with Crippen LogP contribution in [0.1, 0.15) is 24.5 Å². The second-order valence-electron chi connectivity index (χ2n) is 4.42. The number of aryl methyl sites for hydroxylation is 2. The van der Waals surface area contributed by atoms with Crippen molar-refractivity contribution in [3.05, 3.63) is 29.3 Å². The molecule has 0 spiro atoms. The van der Waals surface area contributed by atoms with Crippen LogP contribution in [0.15, 0.2) is 23.1 Å². The second-order valence-corrected chi connectivity index (χ2v) is 6.36. The molecule has 0 aliphatic heterocycles. The topological polar surface area (TPSA) is 37.4 Å². The summed E-state index contributed by atoms with van der Waals surface area (Å²) in [5.74, 6) is 2.39. The first kappa shape index (κ1) is 13.1. The first-order chi connectivity index (χ1) is 8.59. The standard InChI is InChI=1S/C14H17NO2S/c1-3-10-15(4-2)18(16,17)14-9-8-12-6-5-7-13(12)11-14/h1,8-9,11H,4-7,10H2,2H3. The van der Waals surface area contributed by atoms with Gasteiger partial charge in [-0.25, -0.2) is 8.42 Å². The predicted octanol–water partition coefficient (Wildman–Crippen LogP) is 1.82. The molecule has 96 valence electrons. The Kier molecular flexibility index (Phi) is 3.74. The molecule has 0 fully saturated rings. The zero-order valence-corrected chi connectivity index (χ0v) is 11.3. The summed E-state index contributed by atoms with van der Waals surface area (Å²) in [6.07, 6.45) is 8.35. The lowest BCUT2D eigenvalue weighted by Gasteiger charge is -2.18. The van der Waals surface area contributed by atoms with Crippen LogP contribution in [-0.2, 0) is 22.9 Å². The van der Waals surface area contributed by atoms with E-state index >= 15 is 0 Å². The Morgan fingerprint density at radius 1 is 1.33 bits per heavy atom. The number of hydrogen-bond donors (Lipinski definition) is 0. The van der Waals surface area contributed by atoms with Gasteiger partial charge in [-0.2, -0.15) is 4.31 Å². The van der Waals surface area contributed by atoms with Gasteiger partial charge in [0.25, 0.3) is 0 Å². The first-order valence-electron chi connectivity index (χ1n) is 6.15. The van der Waals surface area contributed by atoms with Crippen LogP contribution in [0.5, 0.6) is 0 Å². The zero-order chi connectivity index (χ0) is 13.2. The fraction of sp³-hybridized carbons (Fsp3) is 0.429. The number of terminal acetylenes is 1. The molecule has 18 heavy (non-hydrogen) atoms. The summed E-state index contributed by atoms with van der Waals surface area (Å²) < 4.78 is 26.1. The summed E-state index contributed by atoms with van der Waals surface area (Å²) in [4.78, 5) is 0.361. The molecule has 0 amide bonds. The van der Waals surface area contributed by atoms with Gasteiger partial charge in [-0.3, -0.25) is 0 Å². The van der Waals surface area contributed by atoms with Gasteiger partial charge < -0.3 is 0 Å². The molecule has 1 aliphatic carbocycles. The van der Waals surface area contributed by atoms with Crippen molar-refractivity contribution >= 4 is 10.0 Å². The number of fused-ring (bicyclic) bond motifs is 1. The van der Waals surface area contributed by atoms with Crippen LogP contribution in [0.2, 0.25) is 0 Å². The quantitative estimate of drug-likeness (QED) is 0.777. The molecule has 1 aromatic rings. The van der Waals surface area contributed by atoms with Gasteiger partial charge in [0, 0.05) is 6.54 Å². The van der Waals surface area contributed by atoms with Gasteiger partial charge in [-0.15, -0.1) is 6.42 Å². The lowest BCUT2D eigenvalue weighted by Crippen LogP contribution is -2.31. The monoisotopic (exact) mass is 263 g/mol. The van der Waals surface area contributed by atoms with Crippen LogP contribution >= 0.6 is 0 Å². The fourth-order valence-electron chi connectivity index (χ4n) is 2.33. The van der Waals surface area contributed by atoms with Crippen LogP contribution in [0, 0.1) is 12.3 Å². The lowest BCUT2D eigenvalue weighted by molar-refractivity contribution is 0.464. The minimum absolute atomic E-state index is 0.121. The Balaban J connectivity index is 2.38. The highest BCUT2D eigenvalue weighted by Crippen LogP contribution is 2.26. The van der Waals surface area contributed by atoms with Gasteiger partial charge in [0.1, 0.15) is 0 Å². The van der Waals surface area contributed by atoms with E-state index in [1.807, 2.05) is 6.07 Å². The molecule has 1 aliphatic rings. The molecule has 3 nitrogen and oxygen atoms in total. The molecule has 0 saturated carbocycles. The van der Waals surface area contributed by atoms with Crippen molar-refractivity contribution in [1.29, 1.82) is 0 Å². The van der Waals surface area contributed by atoms with Gasteiger partial charge in [0.2, 0.25) is 10.0 Å². The molecular weight excluding hydrogens is 246 g/mol. The molecule has 2 rings (SSSR count). The Bertz CT molecular complexity index is 584. The molecule has 0 N–H and O–H groups in total. The van der Waals surface area contributed by atoms with E-state index in [9.17, 15) is 8.42 Å². The van der Waals surface area contributed by atoms with Crippen molar-refractivity contribution < 1.29 is 8.42 Å². The molecule has 0 aromatic heterocycles. The highest BCUT2D eigenvalue weighted by Gasteiger charge is 2.23. The van der Waals surface area contributed by atoms with Gasteiger partial charge in [0.05, 0.1) is 11.4 Å². The van der Waals surface area contributed by atoms with Crippen molar-refractivity contribution in [3.63, 3.8) is 0 Å². The van der Waals surface area contributed by atoms with E-state index in [2.05, 4.69) is 5.92 Å². The van der Waals surface area contributed by atoms with Crippen LogP contribution in [-0.4, -0.2) is 25.8 Å². The summed E-state index contributed by atoms with van der Waals surface area (Å²) in [6, 6.07) is 5.43. The van der Waals surface area contributed by atoms with E-state index in [0.29, 0.717) is 11.4 Å². The predicted molar refractivity (Wildman–Crippen MR) is 71.7 cm³/mol. The highest BCUT2D eigenvalue weighted by molar-refractivity contribution is 7.89. The zero-order valence-electron chi connectivity index (χ0n) is 10.5. The van der Waals surface area contributed by atoms with E-state index in [1.54, 1.807) is 19.1 Å². The van der Waals surface area contributed by atoms with Crippen molar-refractivity contribution in [2.75, 3.05) is 13.1 Å². The van der Waals surface area contributed by atoms with Gasteiger partial charge in [-0.05, 0) is 42.5 Å². The normalized spacial score (nSPS) is 14.5.